The Bertz CT molecular complexity index is 167. The van der Waals surface area contributed by atoms with Crippen LogP contribution in [-0.4, -0.2) is 23.8 Å². The molecule has 0 bridgehead atoms. The molecule has 50 valence electrons. The molecule has 0 aromatic carbocycles. The van der Waals surface area contributed by atoms with Crippen molar-refractivity contribution in [3.63, 3.8) is 0 Å². The second-order valence-electron chi connectivity index (χ2n) is 1.59. The number of nitrogens with zero attached hydrogens (tertiary/aromatic N) is 2. The first-order valence-corrected chi connectivity index (χ1v) is 2.78. The van der Waals surface area contributed by atoms with Crippen molar-refractivity contribution in [3.05, 3.63) is 0 Å². The summed E-state index contributed by atoms with van der Waals surface area (Å²) in [6, 6.07) is 0. The van der Waals surface area contributed by atoms with E-state index in [2.05, 4.69) is 9.98 Å². The topological polar surface area (TPSA) is 50.7 Å². The lowest BCUT2D eigenvalue weighted by Gasteiger charge is -2.11. The van der Waals surface area contributed by atoms with Gasteiger partial charge >= 0.3 is 0 Å². The van der Waals surface area contributed by atoms with Gasteiger partial charge in [0.05, 0.1) is 0 Å². The highest BCUT2D eigenvalue weighted by molar-refractivity contribution is 6.23. The van der Waals surface area contributed by atoms with Crippen LogP contribution >= 0.6 is 11.6 Å². The monoisotopic (exact) mass is 149 g/mol. The van der Waals surface area contributed by atoms with Crippen LogP contribution in [0.1, 0.15) is 0 Å². The van der Waals surface area contributed by atoms with Crippen molar-refractivity contribution in [2.75, 3.05) is 0 Å². The van der Waals surface area contributed by atoms with E-state index in [9.17, 15) is 4.39 Å². The molecule has 0 spiro atoms. The van der Waals surface area contributed by atoms with Crippen LogP contribution in [-0.2, 0) is 0 Å². The maximum atomic E-state index is 12.5. The third kappa shape index (κ3) is 1.18. The van der Waals surface area contributed by atoms with Gasteiger partial charge in [-0.05, 0) is 0 Å². The Morgan fingerprint density at radius 2 is 2.44 bits per heavy atom. The van der Waals surface area contributed by atoms with Crippen molar-refractivity contribution in [2.24, 2.45) is 15.7 Å². The van der Waals surface area contributed by atoms with Crippen LogP contribution in [0, 0.1) is 0 Å². The highest BCUT2D eigenvalue weighted by Gasteiger charge is 2.23. The van der Waals surface area contributed by atoms with Crippen LogP contribution in [0.3, 0.4) is 0 Å². The largest absolute Gasteiger partial charge is 0.385 e. The van der Waals surface area contributed by atoms with Crippen molar-refractivity contribution < 1.29 is 4.39 Å². The fourth-order valence-electron chi connectivity index (χ4n) is 0.451. The van der Waals surface area contributed by atoms with E-state index in [1.807, 2.05) is 0 Å². The van der Waals surface area contributed by atoms with Crippen LogP contribution in [0.25, 0.3) is 0 Å². The number of halogens is 2. The Morgan fingerprint density at radius 3 is 2.89 bits per heavy atom. The number of hydrogen-bond donors (Lipinski definition) is 1. The average molecular weight is 150 g/mol. The van der Waals surface area contributed by atoms with Crippen molar-refractivity contribution >= 4 is 23.8 Å². The van der Waals surface area contributed by atoms with E-state index >= 15 is 0 Å². The molecule has 0 saturated heterocycles. The number of amidine groups is 1. The summed E-state index contributed by atoms with van der Waals surface area (Å²) in [5.41, 5.74) is 4.17. The first kappa shape index (κ1) is 6.48. The van der Waals surface area contributed by atoms with Gasteiger partial charge in [-0.25, -0.2) is 9.38 Å². The molecule has 0 fully saturated rings. The molecule has 1 aliphatic rings. The molecule has 1 rings (SSSR count). The lowest BCUT2D eigenvalue weighted by atomic mass is 10.3. The fraction of sp³-hybridized carbons (Fsp3) is 0.500. The lowest BCUT2D eigenvalue weighted by molar-refractivity contribution is 0.408. The smallest absolute Gasteiger partial charge is 0.193 e. The SMILES string of the molecule is NC1=NC=NC(Cl)C1F. The molecular weight excluding hydrogens is 145 g/mol. The van der Waals surface area contributed by atoms with Crippen LogP contribution in [0.4, 0.5) is 4.39 Å². The summed E-state index contributed by atoms with van der Waals surface area (Å²) >= 11 is 5.33. The summed E-state index contributed by atoms with van der Waals surface area (Å²) in [7, 11) is 0. The summed E-state index contributed by atoms with van der Waals surface area (Å²) in [5.74, 6) is -0.106. The first-order valence-electron chi connectivity index (χ1n) is 2.35. The van der Waals surface area contributed by atoms with E-state index in [0.717, 1.165) is 6.34 Å². The number of nitrogens with two attached hydrogens (primary N) is 1. The van der Waals surface area contributed by atoms with Gasteiger partial charge in [-0.3, -0.25) is 4.99 Å². The van der Waals surface area contributed by atoms with Crippen LogP contribution < -0.4 is 5.73 Å². The predicted octanol–water partition coefficient (Wildman–Crippen LogP) is 0.288. The molecular formula is C4H5ClFN3. The van der Waals surface area contributed by atoms with Crippen LogP contribution in [0.5, 0.6) is 0 Å². The van der Waals surface area contributed by atoms with Gasteiger partial charge in [0, 0.05) is 0 Å². The van der Waals surface area contributed by atoms with Gasteiger partial charge in [0.2, 0.25) is 0 Å². The van der Waals surface area contributed by atoms with Gasteiger partial charge in [0.1, 0.15) is 12.2 Å². The van der Waals surface area contributed by atoms with E-state index in [1.165, 1.54) is 0 Å². The zero-order valence-electron chi connectivity index (χ0n) is 4.46. The van der Waals surface area contributed by atoms with Gasteiger partial charge in [-0.2, -0.15) is 0 Å². The minimum Gasteiger partial charge on any atom is -0.385 e. The summed E-state index contributed by atoms with van der Waals surface area (Å²) < 4.78 is 12.5. The van der Waals surface area contributed by atoms with Gasteiger partial charge in [0.25, 0.3) is 0 Å². The van der Waals surface area contributed by atoms with Crippen molar-refractivity contribution in [1.29, 1.82) is 0 Å². The third-order valence-electron chi connectivity index (χ3n) is 0.940. The molecule has 5 heteroatoms. The third-order valence-corrected chi connectivity index (χ3v) is 1.27. The Kier molecular flexibility index (Phi) is 1.66. The summed E-state index contributed by atoms with van der Waals surface area (Å²) in [5, 5.41) is 0. The van der Waals surface area contributed by atoms with Crippen molar-refractivity contribution in [1.82, 2.24) is 0 Å². The molecule has 0 aromatic heterocycles. The zero-order valence-corrected chi connectivity index (χ0v) is 5.22. The summed E-state index contributed by atoms with van der Waals surface area (Å²) in [6.07, 6.45) is -0.278. The number of rotatable bonds is 0. The molecule has 2 unspecified atom stereocenters. The molecule has 0 amide bonds. The quantitative estimate of drug-likeness (QED) is 0.391. The number of hydrogen-bond acceptors (Lipinski definition) is 3. The Labute approximate surface area is 56.4 Å². The highest BCUT2D eigenvalue weighted by atomic mass is 35.5. The Morgan fingerprint density at radius 1 is 1.78 bits per heavy atom. The van der Waals surface area contributed by atoms with Crippen molar-refractivity contribution in [3.8, 4) is 0 Å². The molecule has 2 atom stereocenters. The molecule has 2 N–H and O–H groups in total. The molecule has 0 aromatic rings. The molecule has 0 radical (unpaired) electrons. The maximum absolute atomic E-state index is 12.5. The number of alkyl halides is 2. The predicted molar refractivity (Wildman–Crippen MR) is 34.7 cm³/mol. The minimum absolute atomic E-state index is 0.106. The molecule has 0 saturated carbocycles. The molecule has 3 nitrogen and oxygen atoms in total. The van der Waals surface area contributed by atoms with E-state index in [-0.39, 0.29) is 5.84 Å². The van der Waals surface area contributed by atoms with Gasteiger partial charge in [0.15, 0.2) is 11.7 Å². The van der Waals surface area contributed by atoms with Crippen LogP contribution in [0.2, 0.25) is 0 Å². The Hall–Kier alpha value is -0.640. The number of aliphatic imine (C=N–C) groups is 2. The average Bonchev–Trinajstić information content (AvgIpc) is 1.83. The lowest BCUT2D eigenvalue weighted by Crippen LogP contribution is -2.34. The van der Waals surface area contributed by atoms with E-state index in [4.69, 9.17) is 17.3 Å². The maximum Gasteiger partial charge on any atom is 0.193 e. The first-order chi connectivity index (χ1) is 4.22. The van der Waals surface area contributed by atoms with E-state index in [0.29, 0.717) is 0 Å². The molecule has 0 aliphatic carbocycles. The second-order valence-corrected chi connectivity index (χ2v) is 2.04. The molecule has 9 heavy (non-hydrogen) atoms. The van der Waals surface area contributed by atoms with Crippen molar-refractivity contribution in [2.45, 2.75) is 11.7 Å². The minimum atomic E-state index is -1.43. The Balaban J connectivity index is 2.73. The van der Waals surface area contributed by atoms with E-state index in [1.54, 1.807) is 0 Å². The van der Waals surface area contributed by atoms with Crippen LogP contribution in [0.15, 0.2) is 9.98 Å². The zero-order chi connectivity index (χ0) is 6.85. The van der Waals surface area contributed by atoms with Gasteiger partial charge < -0.3 is 5.73 Å². The fourth-order valence-corrected chi connectivity index (χ4v) is 0.631. The molecule has 1 aliphatic heterocycles. The second kappa shape index (κ2) is 2.31. The molecule has 1 heterocycles. The van der Waals surface area contributed by atoms with Gasteiger partial charge in [-0.15, -0.1) is 0 Å². The highest BCUT2D eigenvalue weighted by Crippen LogP contribution is 2.10. The van der Waals surface area contributed by atoms with E-state index < -0.39 is 11.7 Å². The standard InChI is InChI=1S/C4H5ClFN3/c5-3-2(6)4(7)9-1-8-3/h1-3H,(H2,7,8,9). The summed E-state index contributed by atoms with van der Waals surface area (Å²) in [4.78, 5) is 6.86. The summed E-state index contributed by atoms with van der Waals surface area (Å²) in [6.45, 7) is 0. The normalized spacial score (nSPS) is 34.2. The van der Waals surface area contributed by atoms with Gasteiger partial charge in [-0.1, -0.05) is 11.6 Å².